The van der Waals surface area contributed by atoms with Gasteiger partial charge in [-0.2, -0.15) is 4.99 Å². The molecule has 3 atom stereocenters. The minimum absolute atomic E-state index is 0.0485. The maximum atomic E-state index is 14.5. The molecule has 0 saturated heterocycles. The van der Waals surface area contributed by atoms with Crippen LogP contribution in [0.3, 0.4) is 0 Å². The topological polar surface area (TPSA) is 72.4 Å². The Hall–Kier alpha value is -1.94. The highest BCUT2D eigenvalue weighted by Crippen LogP contribution is 2.38. The van der Waals surface area contributed by atoms with E-state index in [1.807, 2.05) is 6.92 Å². The number of amidine groups is 1. The minimum Gasteiger partial charge on any atom is -0.490 e. The molecule has 0 bridgehead atoms. The lowest BCUT2D eigenvalue weighted by molar-refractivity contribution is -0.120. The molecular weight excluding hydrogens is 451 g/mol. The second-order valence-corrected chi connectivity index (χ2v) is 8.76. The Balaban J connectivity index is 1.52. The van der Waals surface area contributed by atoms with E-state index in [9.17, 15) is 18.0 Å². The number of hydrogen-bond acceptors (Lipinski definition) is 6. The summed E-state index contributed by atoms with van der Waals surface area (Å²) in [5.41, 5.74) is 0.107. The van der Waals surface area contributed by atoms with Gasteiger partial charge < -0.3 is 24.4 Å². The summed E-state index contributed by atoms with van der Waals surface area (Å²) >= 11 is 6.39. The van der Waals surface area contributed by atoms with Crippen molar-refractivity contribution in [3.05, 3.63) is 23.4 Å². The molecule has 11 heteroatoms. The van der Waals surface area contributed by atoms with Gasteiger partial charge in [0, 0.05) is 26.1 Å². The van der Waals surface area contributed by atoms with E-state index in [2.05, 4.69) is 10.3 Å². The second-order valence-electron chi connectivity index (χ2n) is 8.29. The van der Waals surface area contributed by atoms with Crippen molar-refractivity contribution in [1.82, 2.24) is 10.2 Å². The van der Waals surface area contributed by atoms with Crippen LogP contribution in [0, 0.1) is 0 Å². The highest BCUT2D eigenvalue weighted by atomic mass is 35.5. The van der Waals surface area contributed by atoms with Crippen LogP contribution < -0.4 is 5.32 Å². The Labute approximate surface area is 190 Å². The van der Waals surface area contributed by atoms with Gasteiger partial charge in [0.2, 0.25) is 5.91 Å². The van der Waals surface area contributed by atoms with Crippen molar-refractivity contribution in [2.24, 2.45) is 4.99 Å². The molecule has 2 unspecified atom stereocenters. The number of carbonyl (C=O) groups is 1. The van der Waals surface area contributed by atoms with Gasteiger partial charge in [-0.15, -0.1) is 11.6 Å². The lowest BCUT2D eigenvalue weighted by Crippen LogP contribution is -2.43. The van der Waals surface area contributed by atoms with Gasteiger partial charge in [-0.3, -0.25) is 4.79 Å². The molecule has 32 heavy (non-hydrogen) atoms. The first-order valence-electron chi connectivity index (χ1n) is 10.7. The van der Waals surface area contributed by atoms with E-state index < -0.39 is 30.3 Å². The second kappa shape index (κ2) is 10.8. The lowest BCUT2D eigenvalue weighted by atomic mass is 9.95. The number of nitrogens with zero attached hydrogens (tertiary/aromatic N) is 2. The summed E-state index contributed by atoms with van der Waals surface area (Å²) in [7, 11) is 1.67. The molecule has 3 aliphatic rings. The largest absolute Gasteiger partial charge is 0.490 e. The third-order valence-corrected chi connectivity index (χ3v) is 6.03. The number of fused-ring (bicyclic) bond motifs is 1. The monoisotopic (exact) mass is 479 g/mol. The molecule has 1 saturated carbocycles. The average molecular weight is 480 g/mol. The van der Waals surface area contributed by atoms with E-state index in [4.69, 9.17) is 25.8 Å². The van der Waals surface area contributed by atoms with E-state index in [1.54, 1.807) is 11.9 Å². The molecule has 0 spiro atoms. The molecule has 0 aromatic heterocycles. The third kappa shape index (κ3) is 6.10. The Morgan fingerprint density at radius 1 is 1.28 bits per heavy atom. The number of amides is 1. The van der Waals surface area contributed by atoms with Crippen molar-refractivity contribution in [3.63, 3.8) is 0 Å². The fraction of sp³-hybridized carbons (Fsp3) is 0.714. The lowest BCUT2D eigenvalue weighted by Gasteiger charge is -2.33. The zero-order valence-electron chi connectivity index (χ0n) is 18.3. The van der Waals surface area contributed by atoms with Crippen LogP contribution in [-0.2, 0) is 19.0 Å². The van der Waals surface area contributed by atoms with Crippen LogP contribution >= 0.6 is 11.6 Å². The SMILES string of the molecule is CC(=O)N[C@@H](C)CO[C@H]1CC[C@H](OC2=NC3=C(F)C=C(OCC(F)F)C(Cl)C3N2C)CC1. The molecule has 0 radical (unpaired) electrons. The molecular formula is C21H29ClF3N3O4. The maximum absolute atomic E-state index is 14.5. The van der Waals surface area contributed by atoms with Gasteiger partial charge in [0.25, 0.3) is 12.4 Å². The highest BCUT2D eigenvalue weighted by Gasteiger charge is 2.44. The van der Waals surface area contributed by atoms with Gasteiger partial charge in [0.05, 0.1) is 12.7 Å². The zero-order chi connectivity index (χ0) is 23.4. The van der Waals surface area contributed by atoms with Gasteiger partial charge in [-0.1, -0.05) is 0 Å². The first-order chi connectivity index (χ1) is 15.2. The Morgan fingerprint density at radius 3 is 2.56 bits per heavy atom. The normalized spacial score (nSPS) is 28.8. The predicted octanol–water partition coefficient (Wildman–Crippen LogP) is 3.49. The number of carbonyl (C=O) groups excluding carboxylic acids is 1. The molecule has 2 aliphatic carbocycles. The van der Waals surface area contributed by atoms with Crippen LogP contribution in [0.1, 0.15) is 39.5 Å². The highest BCUT2D eigenvalue weighted by molar-refractivity contribution is 6.23. The van der Waals surface area contributed by atoms with Crippen LogP contribution in [0.4, 0.5) is 13.2 Å². The van der Waals surface area contributed by atoms with Crippen LogP contribution in [0.5, 0.6) is 0 Å². The number of nitrogens with one attached hydrogen (secondary N) is 1. The number of allylic oxidation sites excluding steroid dienone is 2. The summed E-state index contributed by atoms with van der Waals surface area (Å²) in [6.45, 7) is 2.95. The van der Waals surface area contributed by atoms with Crippen molar-refractivity contribution >= 4 is 23.5 Å². The molecule has 1 N–H and O–H groups in total. The summed E-state index contributed by atoms with van der Waals surface area (Å²) in [4.78, 5) is 17.0. The maximum Gasteiger partial charge on any atom is 0.293 e. The van der Waals surface area contributed by atoms with Crippen molar-refractivity contribution in [3.8, 4) is 0 Å². The van der Waals surface area contributed by atoms with Gasteiger partial charge in [-0.25, -0.2) is 13.2 Å². The molecule has 1 amide bonds. The van der Waals surface area contributed by atoms with Crippen LogP contribution in [0.15, 0.2) is 28.4 Å². The van der Waals surface area contributed by atoms with Crippen molar-refractivity contribution in [2.75, 3.05) is 20.3 Å². The standard InChI is InChI=1S/C21H29ClF3N3O4/c1-11(26-12(2)29)9-30-13-4-6-14(7-5-13)32-21-27-19-15(23)8-16(31-10-17(24)25)18(22)20(19)28(21)3/h8,11,13-14,17-18,20H,4-7,9-10H2,1-3H3,(H,26,29)/t11-,13-,14-,18?,20?/m0/s1. The molecule has 1 aliphatic heterocycles. The predicted molar refractivity (Wildman–Crippen MR) is 113 cm³/mol. The molecule has 0 aromatic rings. The summed E-state index contributed by atoms with van der Waals surface area (Å²) in [5.74, 6) is -0.812. The number of alkyl halides is 3. The van der Waals surface area contributed by atoms with Crippen LogP contribution in [-0.4, -0.2) is 73.2 Å². The van der Waals surface area contributed by atoms with Crippen LogP contribution in [0.25, 0.3) is 0 Å². The smallest absolute Gasteiger partial charge is 0.293 e. The first-order valence-corrected chi connectivity index (χ1v) is 11.1. The quantitative estimate of drug-likeness (QED) is 0.539. The number of likely N-dealkylation sites (N-methyl/N-ethyl adjacent to an activating group) is 1. The fourth-order valence-corrected chi connectivity index (χ4v) is 4.45. The van der Waals surface area contributed by atoms with E-state index in [-0.39, 0.29) is 41.6 Å². The van der Waals surface area contributed by atoms with E-state index in [0.29, 0.717) is 6.61 Å². The number of aliphatic imine (C=N–C) groups is 1. The van der Waals surface area contributed by atoms with E-state index in [0.717, 1.165) is 31.8 Å². The van der Waals surface area contributed by atoms with E-state index in [1.165, 1.54) is 6.92 Å². The first kappa shape index (κ1) is 24.7. The molecule has 0 aromatic carbocycles. The van der Waals surface area contributed by atoms with Gasteiger partial charge in [0.15, 0.2) is 0 Å². The number of ether oxygens (including phenoxy) is 3. The summed E-state index contributed by atoms with van der Waals surface area (Å²) in [5, 5.41) is 1.92. The number of hydrogen-bond donors (Lipinski definition) is 1. The van der Waals surface area contributed by atoms with Crippen molar-refractivity contribution in [1.29, 1.82) is 0 Å². The summed E-state index contributed by atoms with van der Waals surface area (Å²) in [6, 6.07) is -0.501. The van der Waals surface area contributed by atoms with Gasteiger partial charge in [-0.05, 0) is 32.6 Å². The number of halogens is 4. The molecule has 7 nitrogen and oxygen atoms in total. The summed E-state index contributed by atoms with van der Waals surface area (Å²) < 4.78 is 56.4. The zero-order valence-corrected chi connectivity index (χ0v) is 19.1. The Bertz CT molecular complexity index is 784. The Kier molecular flexibility index (Phi) is 8.32. The number of rotatable bonds is 8. The van der Waals surface area contributed by atoms with Crippen LogP contribution in [0.2, 0.25) is 0 Å². The molecule has 3 rings (SSSR count). The minimum atomic E-state index is -2.68. The van der Waals surface area contributed by atoms with E-state index >= 15 is 0 Å². The van der Waals surface area contributed by atoms with Gasteiger partial charge >= 0.3 is 0 Å². The van der Waals surface area contributed by atoms with Crippen molar-refractivity contribution in [2.45, 2.75) is 75.6 Å². The van der Waals surface area contributed by atoms with Crippen molar-refractivity contribution < 1.29 is 32.2 Å². The molecule has 1 fully saturated rings. The molecule has 1 heterocycles. The Morgan fingerprint density at radius 2 is 1.94 bits per heavy atom. The summed E-state index contributed by atoms with van der Waals surface area (Å²) in [6.07, 6.45) is 1.37. The van der Waals surface area contributed by atoms with Gasteiger partial charge in [0.1, 0.15) is 41.4 Å². The average Bonchev–Trinajstić information content (AvgIpc) is 3.05. The molecule has 180 valence electrons. The fourth-order valence-electron chi connectivity index (χ4n) is 4.04. The third-order valence-electron chi connectivity index (χ3n) is 5.58.